The standard InChI is InChI=1S/C11H11NO3S/c1-8-11(16(13,14)15)7-10(12-8)9-5-3-2-4-6-9/h2-7,12H,1H3,(H,13,14,15). The van der Waals surface area contributed by atoms with Crippen molar-refractivity contribution in [2.45, 2.75) is 11.8 Å². The molecule has 4 nitrogen and oxygen atoms in total. The van der Waals surface area contributed by atoms with E-state index in [1.165, 1.54) is 6.07 Å². The molecular formula is C11H11NO3S. The highest BCUT2D eigenvalue weighted by molar-refractivity contribution is 7.85. The molecule has 0 spiro atoms. The first-order valence-electron chi connectivity index (χ1n) is 4.71. The van der Waals surface area contributed by atoms with E-state index in [1.54, 1.807) is 6.92 Å². The van der Waals surface area contributed by atoms with Gasteiger partial charge >= 0.3 is 0 Å². The van der Waals surface area contributed by atoms with Crippen LogP contribution in [0.25, 0.3) is 11.3 Å². The maximum Gasteiger partial charge on any atom is 0.296 e. The summed E-state index contributed by atoms with van der Waals surface area (Å²) < 4.78 is 31.1. The Morgan fingerprint density at radius 1 is 1.19 bits per heavy atom. The van der Waals surface area contributed by atoms with Crippen molar-refractivity contribution in [3.8, 4) is 11.3 Å². The normalized spacial score (nSPS) is 11.6. The van der Waals surface area contributed by atoms with Crippen molar-refractivity contribution in [2.75, 3.05) is 0 Å². The molecular weight excluding hydrogens is 226 g/mol. The molecule has 84 valence electrons. The van der Waals surface area contributed by atoms with E-state index < -0.39 is 10.1 Å². The van der Waals surface area contributed by atoms with Gasteiger partial charge in [0.2, 0.25) is 0 Å². The molecule has 0 aliphatic rings. The van der Waals surface area contributed by atoms with Crippen molar-refractivity contribution < 1.29 is 13.0 Å². The van der Waals surface area contributed by atoms with Crippen LogP contribution in [0, 0.1) is 6.92 Å². The molecule has 0 saturated carbocycles. The van der Waals surface area contributed by atoms with Gasteiger partial charge in [0.25, 0.3) is 10.1 Å². The second-order valence-electron chi connectivity index (χ2n) is 3.51. The summed E-state index contributed by atoms with van der Waals surface area (Å²) >= 11 is 0. The lowest BCUT2D eigenvalue weighted by Crippen LogP contribution is -1.97. The molecule has 0 saturated heterocycles. The Labute approximate surface area is 93.7 Å². The lowest BCUT2D eigenvalue weighted by molar-refractivity contribution is 0.482. The van der Waals surface area contributed by atoms with Gasteiger partial charge < -0.3 is 4.98 Å². The lowest BCUT2D eigenvalue weighted by Gasteiger charge is -1.95. The molecule has 0 atom stereocenters. The zero-order valence-corrected chi connectivity index (χ0v) is 9.45. The highest BCUT2D eigenvalue weighted by Crippen LogP contribution is 2.24. The van der Waals surface area contributed by atoms with Crippen LogP contribution in [-0.2, 0) is 10.1 Å². The maximum atomic E-state index is 11.0. The zero-order chi connectivity index (χ0) is 11.8. The number of nitrogens with one attached hydrogen (secondary N) is 1. The molecule has 1 aromatic carbocycles. The SMILES string of the molecule is Cc1[nH]c(-c2ccccc2)cc1S(=O)(=O)O. The van der Waals surface area contributed by atoms with E-state index in [-0.39, 0.29) is 4.90 Å². The Balaban J connectivity index is 2.55. The third-order valence-electron chi connectivity index (χ3n) is 2.33. The van der Waals surface area contributed by atoms with Gasteiger partial charge in [0.1, 0.15) is 4.90 Å². The molecule has 0 amide bonds. The van der Waals surface area contributed by atoms with Crippen molar-refractivity contribution in [3.05, 3.63) is 42.1 Å². The summed E-state index contributed by atoms with van der Waals surface area (Å²) in [5.74, 6) is 0. The van der Waals surface area contributed by atoms with Crippen LogP contribution in [0.15, 0.2) is 41.3 Å². The van der Waals surface area contributed by atoms with E-state index in [2.05, 4.69) is 4.98 Å². The Kier molecular flexibility index (Phi) is 2.57. The van der Waals surface area contributed by atoms with Crippen molar-refractivity contribution in [2.24, 2.45) is 0 Å². The van der Waals surface area contributed by atoms with Crippen molar-refractivity contribution in [1.82, 2.24) is 4.98 Å². The monoisotopic (exact) mass is 237 g/mol. The number of aromatic amines is 1. The summed E-state index contributed by atoms with van der Waals surface area (Å²) in [7, 11) is -4.15. The molecule has 5 heteroatoms. The first-order chi connectivity index (χ1) is 7.48. The smallest absolute Gasteiger partial charge is 0.296 e. The maximum absolute atomic E-state index is 11.0. The minimum atomic E-state index is -4.15. The van der Waals surface area contributed by atoms with Crippen LogP contribution >= 0.6 is 0 Å². The average Bonchev–Trinajstić information content (AvgIpc) is 2.61. The van der Waals surface area contributed by atoms with Crippen LogP contribution in [0.2, 0.25) is 0 Å². The number of hydrogen-bond acceptors (Lipinski definition) is 2. The van der Waals surface area contributed by atoms with Gasteiger partial charge in [0.05, 0.1) is 0 Å². The number of benzene rings is 1. The molecule has 16 heavy (non-hydrogen) atoms. The van der Waals surface area contributed by atoms with Crippen LogP contribution in [0.1, 0.15) is 5.69 Å². The summed E-state index contributed by atoms with van der Waals surface area (Å²) in [6, 6.07) is 10.7. The van der Waals surface area contributed by atoms with Gasteiger partial charge in [-0.25, -0.2) is 0 Å². The number of aryl methyl sites for hydroxylation is 1. The minimum Gasteiger partial charge on any atom is -0.357 e. The highest BCUT2D eigenvalue weighted by atomic mass is 32.2. The number of aromatic nitrogens is 1. The molecule has 1 heterocycles. The van der Waals surface area contributed by atoms with Crippen LogP contribution in [0.3, 0.4) is 0 Å². The molecule has 0 aliphatic heterocycles. The zero-order valence-electron chi connectivity index (χ0n) is 8.64. The first-order valence-corrected chi connectivity index (χ1v) is 6.15. The van der Waals surface area contributed by atoms with Crippen LogP contribution in [0.4, 0.5) is 0 Å². The molecule has 0 bridgehead atoms. The van der Waals surface area contributed by atoms with Gasteiger partial charge in [-0.05, 0) is 18.6 Å². The van der Waals surface area contributed by atoms with Gasteiger partial charge in [-0.2, -0.15) is 8.42 Å². The first kappa shape index (κ1) is 10.9. The molecule has 0 unspecified atom stereocenters. The van der Waals surface area contributed by atoms with Gasteiger partial charge in [-0.15, -0.1) is 0 Å². The largest absolute Gasteiger partial charge is 0.357 e. The van der Waals surface area contributed by atoms with E-state index in [0.717, 1.165) is 5.56 Å². The Morgan fingerprint density at radius 2 is 1.81 bits per heavy atom. The van der Waals surface area contributed by atoms with E-state index in [1.807, 2.05) is 30.3 Å². The average molecular weight is 237 g/mol. The summed E-state index contributed by atoms with van der Waals surface area (Å²) in [5, 5.41) is 0. The Bertz CT molecular complexity index is 599. The van der Waals surface area contributed by atoms with Crippen molar-refractivity contribution >= 4 is 10.1 Å². The van der Waals surface area contributed by atoms with Gasteiger partial charge in [0, 0.05) is 11.4 Å². The van der Waals surface area contributed by atoms with E-state index >= 15 is 0 Å². The van der Waals surface area contributed by atoms with E-state index in [0.29, 0.717) is 11.4 Å². The van der Waals surface area contributed by atoms with E-state index in [4.69, 9.17) is 4.55 Å². The second-order valence-corrected chi connectivity index (χ2v) is 4.90. The Morgan fingerprint density at radius 3 is 2.31 bits per heavy atom. The summed E-state index contributed by atoms with van der Waals surface area (Å²) in [5.41, 5.74) is 1.98. The van der Waals surface area contributed by atoms with Crippen LogP contribution < -0.4 is 0 Å². The summed E-state index contributed by atoms with van der Waals surface area (Å²) in [4.78, 5) is 2.85. The predicted octanol–water partition coefficient (Wildman–Crippen LogP) is 2.24. The van der Waals surface area contributed by atoms with Gasteiger partial charge in [-0.1, -0.05) is 30.3 Å². The highest BCUT2D eigenvalue weighted by Gasteiger charge is 2.16. The molecule has 1 aromatic heterocycles. The van der Waals surface area contributed by atoms with Gasteiger partial charge in [0.15, 0.2) is 0 Å². The molecule has 0 radical (unpaired) electrons. The van der Waals surface area contributed by atoms with Gasteiger partial charge in [-0.3, -0.25) is 4.55 Å². The van der Waals surface area contributed by atoms with E-state index in [9.17, 15) is 8.42 Å². The molecule has 2 aromatic rings. The van der Waals surface area contributed by atoms with Crippen molar-refractivity contribution in [3.63, 3.8) is 0 Å². The van der Waals surface area contributed by atoms with Crippen molar-refractivity contribution in [1.29, 1.82) is 0 Å². The molecule has 2 rings (SSSR count). The number of H-pyrrole nitrogens is 1. The second kappa shape index (κ2) is 3.77. The third kappa shape index (κ3) is 2.00. The Hall–Kier alpha value is -1.59. The minimum absolute atomic E-state index is 0.0775. The quantitative estimate of drug-likeness (QED) is 0.787. The number of rotatable bonds is 2. The molecule has 2 N–H and O–H groups in total. The fourth-order valence-corrected chi connectivity index (χ4v) is 2.28. The fourth-order valence-electron chi connectivity index (χ4n) is 1.58. The summed E-state index contributed by atoms with van der Waals surface area (Å²) in [6.45, 7) is 1.61. The lowest BCUT2D eigenvalue weighted by atomic mass is 10.2. The fraction of sp³-hybridized carbons (Fsp3) is 0.0909. The third-order valence-corrected chi connectivity index (χ3v) is 3.31. The molecule has 0 fully saturated rings. The number of hydrogen-bond donors (Lipinski definition) is 2. The van der Waals surface area contributed by atoms with Crippen LogP contribution in [-0.4, -0.2) is 18.0 Å². The summed E-state index contributed by atoms with van der Waals surface area (Å²) in [6.07, 6.45) is 0. The predicted molar refractivity (Wildman–Crippen MR) is 60.8 cm³/mol. The topological polar surface area (TPSA) is 70.2 Å². The molecule has 0 aliphatic carbocycles. The van der Waals surface area contributed by atoms with Crippen LogP contribution in [0.5, 0.6) is 0 Å².